The first-order valence-electron chi connectivity index (χ1n) is 6.40. The van der Waals surface area contributed by atoms with Gasteiger partial charge in [0, 0.05) is 5.69 Å². The molecule has 1 aromatic heterocycles. The number of hydrogen-bond acceptors (Lipinski definition) is 6. The van der Waals surface area contributed by atoms with Crippen LogP contribution in [0.3, 0.4) is 0 Å². The molecule has 0 aliphatic heterocycles. The summed E-state index contributed by atoms with van der Waals surface area (Å²) in [5, 5.41) is 11.1. The summed E-state index contributed by atoms with van der Waals surface area (Å²) in [5.41, 5.74) is 3.07. The Labute approximate surface area is 132 Å². The van der Waals surface area contributed by atoms with Crippen LogP contribution in [-0.2, 0) is 10.5 Å². The van der Waals surface area contributed by atoms with E-state index in [-0.39, 0.29) is 11.7 Å². The Hall–Kier alpha value is -1.47. The lowest BCUT2D eigenvalue weighted by Crippen LogP contribution is -2.15. The molecule has 0 aliphatic rings. The number of benzene rings is 1. The van der Waals surface area contributed by atoms with Gasteiger partial charge in [0.2, 0.25) is 11.8 Å². The first kappa shape index (κ1) is 15.9. The van der Waals surface area contributed by atoms with Crippen molar-refractivity contribution in [3.05, 3.63) is 35.2 Å². The summed E-state index contributed by atoms with van der Waals surface area (Å²) in [6.07, 6.45) is 1.97. The third kappa shape index (κ3) is 4.50. The summed E-state index contributed by atoms with van der Waals surface area (Å²) in [5.74, 6) is 1.43. The highest BCUT2D eigenvalue weighted by molar-refractivity contribution is 7.99. The second-order valence-corrected chi connectivity index (χ2v) is 6.27. The van der Waals surface area contributed by atoms with Crippen molar-refractivity contribution < 1.29 is 9.21 Å². The van der Waals surface area contributed by atoms with Gasteiger partial charge in [0.1, 0.15) is 0 Å². The molecule has 0 bridgehead atoms. The minimum atomic E-state index is -0.0849. The van der Waals surface area contributed by atoms with Gasteiger partial charge in [-0.15, -0.1) is 10.2 Å². The van der Waals surface area contributed by atoms with E-state index >= 15 is 0 Å². The van der Waals surface area contributed by atoms with E-state index in [1.165, 1.54) is 11.8 Å². The van der Waals surface area contributed by atoms with Crippen molar-refractivity contribution in [1.82, 2.24) is 10.2 Å². The number of nitrogens with one attached hydrogen (secondary N) is 1. The summed E-state index contributed by atoms with van der Waals surface area (Å²) in [6, 6.07) is 5.84. The molecule has 0 fully saturated rings. The highest BCUT2D eigenvalue weighted by Crippen LogP contribution is 2.20. The molecule has 1 aromatic carbocycles. The van der Waals surface area contributed by atoms with Gasteiger partial charge in [-0.2, -0.15) is 11.8 Å². The maximum Gasteiger partial charge on any atom is 0.277 e. The first-order valence-corrected chi connectivity index (χ1v) is 8.78. The molecule has 1 N–H and O–H groups in total. The Morgan fingerprint density at radius 2 is 2.14 bits per heavy atom. The third-order valence-corrected chi connectivity index (χ3v) is 4.28. The smallest absolute Gasteiger partial charge is 0.277 e. The van der Waals surface area contributed by atoms with Gasteiger partial charge in [-0.25, -0.2) is 0 Å². The number of thioether (sulfide) groups is 2. The van der Waals surface area contributed by atoms with E-state index in [0.29, 0.717) is 16.9 Å². The van der Waals surface area contributed by atoms with Crippen LogP contribution in [0.1, 0.15) is 17.0 Å². The molecule has 2 aromatic rings. The van der Waals surface area contributed by atoms with Crippen molar-refractivity contribution in [2.24, 2.45) is 0 Å². The van der Waals surface area contributed by atoms with Crippen LogP contribution in [0, 0.1) is 13.8 Å². The fourth-order valence-electron chi connectivity index (χ4n) is 1.68. The number of aromatic nitrogens is 2. The van der Waals surface area contributed by atoms with Gasteiger partial charge in [0.15, 0.2) is 0 Å². The van der Waals surface area contributed by atoms with E-state index in [0.717, 1.165) is 16.8 Å². The van der Waals surface area contributed by atoms with E-state index < -0.39 is 0 Å². The van der Waals surface area contributed by atoms with Gasteiger partial charge >= 0.3 is 0 Å². The molecule has 1 amide bonds. The lowest BCUT2D eigenvalue weighted by atomic mass is 10.1. The summed E-state index contributed by atoms with van der Waals surface area (Å²) < 4.78 is 5.41. The lowest BCUT2D eigenvalue weighted by molar-refractivity contribution is -0.113. The molecule has 2 rings (SSSR count). The van der Waals surface area contributed by atoms with Gasteiger partial charge < -0.3 is 9.73 Å². The van der Waals surface area contributed by atoms with Crippen LogP contribution < -0.4 is 5.32 Å². The summed E-state index contributed by atoms with van der Waals surface area (Å²) in [7, 11) is 0. The van der Waals surface area contributed by atoms with Crippen molar-refractivity contribution in [3.63, 3.8) is 0 Å². The molecule has 0 saturated carbocycles. The molecule has 1 heterocycles. The normalized spacial score (nSPS) is 10.6. The van der Waals surface area contributed by atoms with E-state index in [1.54, 1.807) is 11.8 Å². The molecule has 5 nitrogen and oxygen atoms in total. The second kappa shape index (κ2) is 7.51. The zero-order valence-electron chi connectivity index (χ0n) is 12.2. The number of anilines is 1. The number of rotatable bonds is 6. The predicted octanol–water partition coefficient (Wildman–Crippen LogP) is 3.28. The largest absolute Gasteiger partial charge is 0.415 e. The Morgan fingerprint density at radius 1 is 1.33 bits per heavy atom. The molecule has 0 aliphatic carbocycles. The Balaban J connectivity index is 1.88. The highest BCUT2D eigenvalue weighted by atomic mass is 32.2. The molecule has 112 valence electrons. The predicted molar refractivity (Wildman–Crippen MR) is 86.8 cm³/mol. The minimum absolute atomic E-state index is 0.0849. The van der Waals surface area contributed by atoms with Crippen molar-refractivity contribution in [3.8, 4) is 0 Å². The van der Waals surface area contributed by atoms with E-state index in [4.69, 9.17) is 4.42 Å². The van der Waals surface area contributed by atoms with Gasteiger partial charge in [0.05, 0.1) is 11.5 Å². The summed E-state index contributed by atoms with van der Waals surface area (Å²) in [4.78, 5) is 12.0. The van der Waals surface area contributed by atoms with Gasteiger partial charge in [-0.05, 0) is 37.3 Å². The maximum absolute atomic E-state index is 12.0. The third-order valence-electron chi connectivity index (χ3n) is 2.92. The molecular weight excluding hydrogens is 306 g/mol. The number of carbonyl (C=O) groups excluding carboxylic acids is 1. The molecule has 0 radical (unpaired) electrons. The zero-order valence-corrected chi connectivity index (χ0v) is 13.8. The van der Waals surface area contributed by atoms with E-state index in [2.05, 4.69) is 15.5 Å². The monoisotopic (exact) mass is 323 g/mol. The summed E-state index contributed by atoms with van der Waals surface area (Å²) >= 11 is 2.86. The average molecular weight is 323 g/mol. The number of hydrogen-bond donors (Lipinski definition) is 1. The molecule has 0 unspecified atom stereocenters. The highest BCUT2D eigenvalue weighted by Gasteiger charge is 2.10. The van der Waals surface area contributed by atoms with Crippen molar-refractivity contribution in [2.75, 3.05) is 17.3 Å². The Kier molecular flexibility index (Phi) is 5.69. The fraction of sp³-hybridized carbons (Fsp3) is 0.357. The topological polar surface area (TPSA) is 68.0 Å². The Morgan fingerprint density at radius 3 is 2.90 bits per heavy atom. The molecular formula is C14H17N3O2S2. The zero-order chi connectivity index (χ0) is 15.2. The lowest BCUT2D eigenvalue weighted by Gasteiger charge is -2.09. The SMILES string of the molecule is CSCc1nnc(SCC(=O)Nc2cccc(C)c2C)o1. The van der Waals surface area contributed by atoms with Crippen molar-refractivity contribution >= 4 is 35.1 Å². The van der Waals surface area contributed by atoms with Gasteiger partial charge in [0.25, 0.3) is 5.22 Å². The van der Waals surface area contributed by atoms with Crippen LogP contribution in [0.4, 0.5) is 5.69 Å². The fourth-order valence-corrected chi connectivity index (χ4v) is 2.62. The van der Waals surface area contributed by atoms with Crippen LogP contribution >= 0.6 is 23.5 Å². The number of amides is 1. The average Bonchev–Trinajstić information content (AvgIpc) is 2.90. The van der Waals surface area contributed by atoms with Crippen LogP contribution in [-0.4, -0.2) is 28.1 Å². The van der Waals surface area contributed by atoms with Crippen molar-refractivity contribution in [2.45, 2.75) is 24.8 Å². The van der Waals surface area contributed by atoms with Gasteiger partial charge in [-0.3, -0.25) is 4.79 Å². The molecule has 0 saturated heterocycles. The molecule has 7 heteroatoms. The first-order chi connectivity index (χ1) is 10.1. The maximum atomic E-state index is 12.0. The van der Waals surface area contributed by atoms with Gasteiger partial charge in [-0.1, -0.05) is 23.9 Å². The minimum Gasteiger partial charge on any atom is -0.415 e. The summed E-state index contributed by atoms with van der Waals surface area (Å²) in [6.45, 7) is 4.01. The van der Waals surface area contributed by atoms with Crippen LogP contribution in [0.25, 0.3) is 0 Å². The number of carbonyl (C=O) groups is 1. The van der Waals surface area contributed by atoms with Crippen LogP contribution in [0.5, 0.6) is 0 Å². The number of nitrogens with zero attached hydrogens (tertiary/aromatic N) is 2. The van der Waals surface area contributed by atoms with E-state index in [1.807, 2.05) is 38.3 Å². The molecule has 0 spiro atoms. The van der Waals surface area contributed by atoms with Crippen LogP contribution in [0.15, 0.2) is 27.8 Å². The standard InChI is InChI=1S/C14H17N3O2S2/c1-9-5-4-6-11(10(9)2)15-12(18)7-21-14-17-16-13(19-14)8-20-3/h4-6H,7-8H2,1-3H3,(H,15,18). The van der Waals surface area contributed by atoms with E-state index in [9.17, 15) is 4.79 Å². The van der Waals surface area contributed by atoms with Crippen molar-refractivity contribution in [1.29, 1.82) is 0 Å². The van der Waals surface area contributed by atoms with Crippen LogP contribution in [0.2, 0.25) is 0 Å². The molecule has 21 heavy (non-hydrogen) atoms. The Bertz CT molecular complexity index is 628. The molecule has 0 atom stereocenters. The quantitative estimate of drug-likeness (QED) is 0.823. The second-order valence-electron chi connectivity index (χ2n) is 4.48. The number of aryl methyl sites for hydroxylation is 1.